The minimum atomic E-state index is -3.25. The maximum atomic E-state index is 11.4. The zero-order valence-electron chi connectivity index (χ0n) is 8.78. The van der Waals surface area contributed by atoms with Gasteiger partial charge in [0.2, 0.25) is 0 Å². The Balaban J connectivity index is 3.43. The molecule has 1 aromatic rings. The van der Waals surface area contributed by atoms with E-state index >= 15 is 0 Å². The molecule has 84 valence electrons. The van der Waals surface area contributed by atoms with Gasteiger partial charge in [0.15, 0.2) is 9.84 Å². The van der Waals surface area contributed by atoms with E-state index in [4.69, 9.17) is 0 Å². The van der Waals surface area contributed by atoms with Gasteiger partial charge < -0.3 is 5.11 Å². The Labute approximate surface area is 98.2 Å². The van der Waals surface area contributed by atoms with Crippen LogP contribution < -0.4 is 0 Å². The van der Waals surface area contributed by atoms with Gasteiger partial charge in [-0.2, -0.15) is 0 Å². The summed E-state index contributed by atoms with van der Waals surface area (Å²) in [5, 5.41) is 9.79. The molecule has 0 aliphatic rings. The highest BCUT2D eigenvalue weighted by atomic mass is 79.9. The van der Waals surface area contributed by atoms with Crippen molar-refractivity contribution >= 4 is 25.8 Å². The van der Waals surface area contributed by atoms with Crippen LogP contribution in [0.25, 0.3) is 0 Å². The lowest BCUT2D eigenvalue weighted by atomic mass is 9.99. The number of benzene rings is 1. The molecule has 0 saturated heterocycles. The third kappa shape index (κ3) is 3.29. The number of sulfone groups is 1. The summed E-state index contributed by atoms with van der Waals surface area (Å²) in [4.78, 5) is 0.203. The van der Waals surface area contributed by atoms with Gasteiger partial charge in [-0.15, -0.1) is 0 Å². The van der Waals surface area contributed by atoms with Crippen LogP contribution in [0.15, 0.2) is 27.6 Å². The molecule has 0 fully saturated rings. The molecule has 0 saturated carbocycles. The van der Waals surface area contributed by atoms with E-state index in [2.05, 4.69) is 15.9 Å². The highest BCUT2D eigenvalue weighted by Gasteiger charge is 2.19. The summed E-state index contributed by atoms with van der Waals surface area (Å²) in [6.45, 7) is 3.22. The zero-order chi connectivity index (χ0) is 11.9. The van der Waals surface area contributed by atoms with Crippen molar-refractivity contribution in [3.8, 4) is 0 Å². The van der Waals surface area contributed by atoms with Gasteiger partial charge in [-0.25, -0.2) is 8.42 Å². The molecule has 0 aromatic heterocycles. The fraction of sp³-hybridized carbons (Fsp3) is 0.400. The predicted octanol–water partition coefficient (Wildman–Crippen LogP) is 2.08. The lowest BCUT2D eigenvalue weighted by molar-refractivity contribution is 0.0783. The molecule has 0 aliphatic heterocycles. The van der Waals surface area contributed by atoms with Crippen molar-refractivity contribution < 1.29 is 13.5 Å². The fourth-order valence-electron chi connectivity index (χ4n) is 1.13. The minimum Gasteiger partial charge on any atom is -0.386 e. The van der Waals surface area contributed by atoms with Crippen molar-refractivity contribution in [1.82, 2.24) is 0 Å². The molecule has 1 rings (SSSR count). The van der Waals surface area contributed by atoms with Crippen LogP contribution in [0.4, 0.5) is 0 Å². The van der Waals surface area contributed by atoms with Gasteiger partial charge in [0.1, 0.15) is 0 Å². The summed E-state index contributed by atoms with van der Waals surface area (Å²) in [6, 6.07) is 4.71. The van der Waals surface area contributed by atoms with Crippen molar-refractivity contribution in [1.29, 1.82) is 0 Å². The molecule has 0 amide bonds. The van der Waals surface area contributed by atoms with Crippen LogP contribution >= 0.6 is 15.9 Å². The van der Waals surface area contributed by atoms with Gasteiger partial charge in [0.25, 0.3) is 0 Å². The van der Waals surface area contributed by atoms with Crippen LogP contribution in [-0.2, 0) is 15.4 Å². The van der Waals surface area contributed by atoms with Gasteiger partial charge in [0, 0.05) is 10.7 Å². The lowest BCUT2D eigenvalue weighted by Gasteiger charge is -2.18. The summed E-state index contributed by atoms with van der Waals surface area (Å²) in [7, 11) is -3.25. The number of halogens is 1. The number of rotatable bonds is 2. The summed E-state index contributed by atoms with van der Waals surface area (Å²) >= 11 is 3.22. The number of hydrogen-bond donors (Lipinski definition) is 1. The van der Waals surface area contributed by atoms with E-state index in [1.54, 1.807) is 19.9 Å². The topological polar surface area (TPSA) is 54.4 Å². The number of hydrogen-bond acceptors (Lipinski definition) is 3. The van der Waals surface area contributed by atoms with E-state index in [-0.39, 0.29) is 4.90 Å². The van der Waals surface area contributed by atoms with Crippen molar-refractivity contribution in [3.05, 3.63) is 28.2 Å². The highest BCUT2D eigenvalue weighted by Crippen LogP contribution is 2.26. The summed E-state index contributed by atoms with van der Waals surface area (Å²) in [5.41, 5.74) is -0.485. The molecule has 0 aliphatic carbocycles. The lowest BCUT2D eigenvalue weighted by Crippen LogP contribution is -2.16. The SMILES string of the molecule is CC(C)(O)c1cc(Br)cc(S(C)(=O)=O)c1. The molecular weight excluding hydrogens is 280 g/mol. The first-order valence-electron chi connectivity index (χ1n) is 4.34. The molecule has 3 nitrogen and oxygen atoms in total. The Bertz CT molecular complexity index is 472. The average Bonchev–Trinajstić information content (AvgIpc) is 1.99. The molecule has 15 heavy (non-hydrogen) atoms. The minimum absolute atomic E-state index is 0.203. The van der Waals surface area contributed by atoms with Crippen molar-refractivity contribution in [2.45, 2.75) is 24.3 Å². The Morgan fingerprint density at radius 1 is 1.27 bits per heavy atom. The standard InChI is InChI=1S/C10H13BrO3S/c1-10(2,12)7-4-8(11)6-9(5-7)15(3,13)14/h4-6,12H,1-3H3. The molecule has 0 atom stereocenters. The van der Waals surface area contributed by atoms with E-state index in [1.807, 2.05) is 0 Å². The molecular formula is C10H13BrO3S. The van der Waals surface area contributed by atoms with Crippen molar-refractivity contribution in [2.24, 2.45) is 0 Å². The quantitative estimate of drug-likeness (QED) is 0.908. The Kier molecular flexibility index (Phi) is 3.28. The molecule has 0 heterocycles. The summed E-state index contributed by atoms with van der Waals surface area (Å²) in [6.07, 6.45) is 1.14. The summed E-state index contributed by atoms with van der Waals surface area (Å²) < 4.78 is 23.4. The van der Waals surface area contributed by atoms with Crippen LogP contribution in [0, 0.1) is 0 Å². The fourth-order valence-corrected chi connectivity index (χ4v) is 2.46. The second-order valence-corrected chi connectivity index (χ2v) is 6.94. The summed E-state index contributed by atoms with van der Waals surface area (Å²) in [5.74, 6) is 0. The van der Waals surface area contributed by atoms with Gasteiger partial charge in [0.05, 0.1) is 10.5 Å². The van der Waals surface area contributed by atoms with Gasteiger partial charge in [-0.05, 0) is 37.6 Å². The molecule has 0 spiro atoms. The third-order valence-corrected chi connectivity index (χ3v) is 3.56. The van der Waals surface area contributed by atoms with Gasteiger partial charge in [-0.3, -0.25) is 0 Å². The normalized spacial score (nSPS) is 12.9. The van der Waals surface area contributed by atoms with Crippen LogP contribution in [0.1, 0.15) is 19.4 Å². The molecule has 0 radical (unpaired) electrons. The van der Waals surface area contributed by atoms with Crippen LogP contribution in [0.2, 0.25) is 0 Å². The second-order valence-electron chi connectivity index (χ2n) is 4.01. The largest absolute Gasteiger partial charge is 0.386 e. The maximum absolute atomic E-state index is 11.4. The van der Waals surface area contributed by atoms with E-state index in [0.717, 1.165) is 6.26 Å². The first-order chi connectivity index (χ1) is 6.60. The Morgan fingerprint density at radius 2 is 1.80 bits per heavy atom. The van der Waals surface area contributed by atoms with E-state index in [1.165, 1.54) is 12.1 Å². The third-order valence-electron chi connectivity index (χ3n) is 2.01. The first kappa shape index (κ1) is 12.7. The maximum Gasteiger partial charge on any atom is 0.175 e. The van der Waals surface area contributed by atoms with E-state index < -0.39 is 15.4 Å². The van der Waals surface area contributed by atoms with Crippen molar-refractivity contribution in [3.63, 3.8) is 0 Å². The molecule has 1 N–H and O–H groups in total. The second kappa shape index (κ2) is 3.88. The first-order valence-corrected chi connectivity index (χ1v) is 7.02. The van der Waals surface area contributed by atoms with Crippen LogP contribution in [-0.4, -0.2) is 19.8 Å². The molecule has 0 unspecified atom stereocenters. The zero-order valence-corrected chi connectivity index (χ0v) is 11.2. The number of aliphatic hydroxyl groups is 1. The average molecular weight is 293 g/mol. The van der Waals surface area contributed by atoms with Gasteiger partial charge >= 0.3 is 0 Å². The Morgan fingerprint density at radius 3 is 2.20 bits per heavy atom. The van der Waals surface area contributed by atoms with Gasteiger partial charge in [-0.1, -0.05) is 15.9 Å². The highest BCUT2D eigenvalue weighted by molar-refractivity contribution is 9.10. The smallest absolute Gasteiger partial charge is 0.175 e. The monoisotopic (exact) mass is 292 g/mol. The Hall–Kier alpha value is -0.390. The van der Waals surface area contributed by atoms with Crippen molar-refractivity contribution in [2.75, 3.05) is 6.26 Å². The van der Waals surface area contributed by atoms with E-state index in [0.29, 0.717) is 10.0 Å². The predicted molar refractivity (Wildman–Crippen MR) is 62.5 cm³/mol. The van der Waals surface area contributed by atoms with E-state index in [9.17, 15) is 13.5 Å². The van der Waals surface area contributed by atoms with Crippen LogP contribution in [0.5, 0.6) is 0 Å². The molecule has 5 heteroatoms. The van der Waals surface area contributed by atoms with Crippen LogP contribution in [0.3, 0.4) is 0 Å². The molecule has 0 bridgehead atoms. The molecule has 1 aromatic carbocycles.